The first kappa shape index (κ1) is 14.3. The van der Waals surface area contributed by atoms with Crippen LogP contribution in [0.5, 0.6) is 0 Å². The fraction of sp³-hybridized carbons (Fsp3) is 0.667. The normalized spacial score (nSPS) is 11.0. The number of aryl methyl sites for hydroxylation is 2. The van der Waals surface area contributed by atoms with Gasteiger partial charge in [-0.2, -0.15) is 10.2 Å². The van der Waals surface area contributed by atoms with E-state index >= 15 is 0 Å². The van der Waals surface area contributed by atoms with E-state index < -0.39 is 0 Å². The summed E-state index contributed by atoms with van der Waals surface area (Å²) in [5.41, 5.74) is -0.479. The van der Waals surface area contributed by atoms with Crippen molar-refractivity contribution in [3.8, 4) is 0 Å². The first-order chi connectivity index (χ1) is 9.74. The predicted octanol–water partition coefficient (Wildman–Crippen LogP) is 0.635. The van der Waals surface area contributed by atoms with Crippen molar-refractivity contribution >= 4 is 0 Å². The number of nitrogens with zero attached hydrogens (tertiary/aromatic N) is 2. The van der Waals surface area contributed by atoms with Gasteiger partial charge in [0.25, 0.3) is 0 Å². The molecule has 110 valence electrons. The number of H-pyrrole nitrogens is 4. The summed E-state index contributed by atoms with van der Waals surface area (Å²) >= 11 is 0. The van der Waals surface area contributed by atoms with Crippen molar-refractivity contribution in [3.63, 3.8) is 0 Å². The Kier molecular flexibility index (Phi) is 5.33. The molecule has 0 fully saturated rings. The molecule has 20 heavy (non-hydrogen) atoms. The number of aromatic nitrogens is 6. The van der Waals surface area contributed by atoms with Crippen LogP contribution in [0.2, 0.25) is 0 Å². The molecule has 2 heterocycles. The van der Waals surface area contributed by atoms with Crippen molar-refractivity contribution in [1.82, 2.24) is 30.4 Å². The Morgan fingerprint density at radius 2 is 1.05 bits per heavy atom. The highest BCUT2D eigenvalue weighted by Crippen LogP contribution is 2.08. The maximum Gasteiger partial charge on any atom is 0.340 e. The average molecular weight is 280 g/mol. The molecule has 0 aromatic carbocycles. The van der Waals surface area contributed by atoms with Crippen LogP contribution in [0.25, 0.3) is 0 Å². The summed E-state index contributed by atoms with van der Waals surface area (Å²) in [4.78, 5) is 26.9. The Bertz CT molecular complexity index is 553. The van der Waals surface area contributed by atoms with Crippen molar-refractivity contribution in [3.05, 3.63) is 32.6 Å². The van der Waals surface area contributed by atoms with Crippen LogP contribution < -0.4 is 11.4 Å². The first-order valence-electron chi connectivity index (χ1n) is 7.01. The van der Waals surface area contributed by atoms with E-state index in [9.17, 15) is 9.59 Å². The summed E-state index contributed by atoms with van der Waals surface area (Å²) in [6.45, 7) is 0. The van der Waals surface area contributed by atoms with Gasteiger partial charge in [0.05, 0.1) is 0 Å². The van der Waals surface area contributed by atoms with Gasteiger partial charge in [-0.25, -0.2) is 19.8 Å². The topological polar surface area (TPSA) is 123 Å². The third-order valence-electron chi connectivity index (χ3n) is 3.18. The number of aromatic amines is 4. The van der Waals surface area contributed by atoms with Crippen molar-refractivity contribution in [1.29, 1.82) is 0 Å². The van der Waals surface area contributed by atoms with Gasteiger partial charge < -0.3 is 0 Å². The second-order valence-electron chi connectivity index (χ2n) is 4.87. The Hall–Kier alpha value is -2.12. The minimum Gasteiger partial charge on any atom is -0.293 e. The standard InChI is InChI=1S/C12H20N6O2/c19-11-13-9(15-17-11)7-5-3-1-2-4-6-8-10-14-12(20)18-16-10/h1-8H2,(H2,13,15,17,19)(H2,14,16,18,20). The summed E-state index contributed by atoms with van der Waals surface area (Å²) in [6, 6.07) is 0. The van der Waals surface area contributed by atoms with Crippen molar-refractivity contribution in [2.45, 2.75) is 51.4 Å². The maximum absolute atomic E-state index is 10.8. The second kappa shape index (κ2) is 7.46. The minimum atomic E-state index is -0.239. The van der Waals surface area contributed by atoms with Gasteiger partial charge in [0.1, 0.15) is 11.6 Å². The highest BCUT2D eigenvalue weighted by atomic mass is 16.1. The molecule has 0 atom stereocenters. The largest absolute Gasteiger partial charge is 0.340 e. The molecule has 0 aliphatic rings. The molecule has 0 aliphatic heterocycles. The monoisotopic (exact) mass is 280 g/mol. The second-order valence-corrected chi connectivity index (χ2v) is 4.87. The number of hydrogen-bond acceptors (Lipinski definition) is 4. The molecule has 0 saturated carbocycles. The lowest BCUT2D eigenvalue weighted by molar-refractivity contribution is 0.584. The smallest absolute Gasteiger partial charge is 0.293 e. The summed E-state index contributed by atoms with van der Waals surface area (Å²) in [5.74, 6) is 1.47. The summed E-state index contributed by atoms with van der Waals surface area (Å²) in [7, 11) is 0. The van der Waals surface area contributed by atoms with Crippen LogP contribution in [-0.2, 0) is 12.8 Å². The Morgan fingerprint density at radius 3 is 1.40 bits per heavy atom. The van der Waals surface area contributed by atoms with Gasteiger partial charge in [0.15, 0.2) is 0 Å². The van der Waals surface area contributed by atoms with E-state index in [4.69, 9.17) is 0 Å². The minimum absolute atomic E-state index is 0.239. The molecule has 0 spiro atoms. The van der Waals surface area contributed by atoms with Crippen LogP contribution in [0.4, 0.5) is 0 Å². The van der Waals surface area contributed by atoms with Crippen LogP contribution in [0.1, 0.15) is 50.2 Å². The van der Waals surface area contributed by atoms with E-state index in [0.29, 0.717) is 0 Å². The molecule has 8 nitrogen and oxygen atoms in total. The lowest BCUT2D eigenvalue weighted by Crippen LogP contribution is -2.01. The molecule has 2 rings (SSSR count). The van der Waals surface area contributed by atoms with Gasteiger partial charge in [0.2, 0.25) is 0 Å². The van der Waals surface area contributed by atoms with Crippen LogP contribution in [0.15, 0.2) is 9.59 Å². The van der Waals surface area contributed by atoms with Crippen molar-refractivity contribution in [2.24, 2.45) is 0 Å². The molecule has 2 aromatic rings. The zero-order valence-electron chi connectivity index (χ0n) is 11.4. The Labute approximate surface area is 115 Å². The molecule has 0 radical (unpaired) electrons. The number of rotatable bonds is 9. The maximum atomic E-state index is 10.8. The van der Waals surface area contributed by atoms with E-state index in [2.05, 4.69) is 30.4 Å². The predicted molar refractivity (Wildman–Crippen MR) is 73.5 cm³/mol. The van der Waals surface area contributed by atoms with Gasteiger partial charge in [-0.05, 0) is 12.8 Å². The summed E-state index contributed by atoms with van der Waals surface area (Å²) in [6.07, 6.45) is 8.31. The van der Waals surface area contributed by atoms with E-state index in [1.807, 2.05) is 0 Å². The fourth-order valence-electron chi connectivity index (χ4n) is 2.14. The number of hydrogen-bond donors (Lipinski definition) is 4. The van der Waals surface area contributed by atoms with E-state index in [-0.39, 0.29) is 11.4 Å². The molecule has 0 aliphatic carbocycles. The Morgan fingerprint density at radius 1 is 0.650 bits per heavy atom. The average Bonchev–Trinajstić information content (AvgIpc) is 3.02. The zero-order valence-corrected chi connectivity index (χ0v) is 11.4. The van der Waals surface area contributed by atoms with Crippen LogP contribution in [0, 0.1) is 0 Å². The van der Waals surface area contributed by atoms with Gasteiger partial charge in [0, 0.05) is 12.8 Å². The van der Waals surface area contributed by atoms with E-state index in [1.54, 1.807) is 0 Å². The zero-order chi connectivity index (χ0) is 14.2. The highest BCUT2D eigenvalue weighted by Gasteiger charge is 1.99. The molecular formula is C12H20N6O2. The van der Waals surface area contributed by atoms with Crippen LogP contribution in [-0.4, -0.2) is 30.4 Å². The Balaban J connectivity index is 1.45. The van der Waals surface area contributed by atoms with Crippen molar-refractivity contribution in [2.75, 3.05) is 0 Å². The quantitative estimate of drug-likeness (QED) is 0.503. The third-order valence-corrected chi connectivity index (χ3v) is 3.18. The summed E-state index contributed by atoms with van der Waals surface area (Å²) < 4.78 is 0. The van der Waals surface area contributed by atoms with Gasteiger partial charge in [-0.3, -0.25) is 9.97 Å². The molecule has 2 aromatic heterocycles. The van der Waals surface area contributed by atoms with Crippen molar-refractivity contribution < 1.29 is 0 Å². The first-order valence-corrected chi connectivity index (χ1v) is 7.01. The number of nitrogens with one attached hydrogen (secondary N) is 4. The van der Waals surface area contributed by atoms with E-state index in [1.165, 1.54) is 12.8 Å². The molecule has 4 N–H and O–H groups in total. The van der Waals surface area contributed by atoms with E-state index in [0.717, 1.165) is 50.2 Å². The van der Waals surface area contributed by atoms with Crippen LogP contribution >= 0.6 is 0 Å². The molecule has 0 amide bonds. The fourth-order valence-corrected chi connectivity index (χ4v) is 2.14. The van der Waals surface area contributed by atoms with Gasteiger partial charge in [-0.1, -0.05) is 25.7 Å². The number of unbranched alkanes of at least 4 members (excludes halogenated alkanes) is 5. The van der Waals surface area contributed by atoms with Gasteiger partial charge in [-0.15, -0.1) is 0 Å². The molecule has 0 unspecified atom stereocenters. The SMILES string of the molecule is O=c1[nH]nc(CCCCCCCCc2n[nH]c(=O)[nH]2)[nH]1. The molecular weight excluding hydrogens is 260 g/mol. The van der Waals surface area contributed by atoms with Gasteiger partial charge >= 0.3 is 11.4 Å². The highest BCUT2D eigenvalue weighted by molar-refractivity contribution is 4.80. The molecule has 0 bridgehead atoms. The molecule has 0 saturated heterocycles. The lowest BCUT2D eigenvalue weighted by atomic mass is 10.1. The summed E-state index contributed by atoms with van der Waals surface area (Å²) in [5, 5.41) is 12.5. The molecule has 8 heteroatoms. The lowest BCUT2D eigenvalue weighted by Gasteiger charge is -2.00. The third kappa shape index (κ3) is 4.87. The van der Waals surface area contributed by atoms with Crippen LogP contribution in [0.3, 0.4) is 0 Å².